The molecule has 0 fully saturated rings. The fourth-order valence-electron chi connectivity index (χ4n) is 6.43. The average molecular weight is 629 g/mol. The number of halogens is 1. The smallest absolute Gasteiger partial charge is 0.264 e. The van der Waals surface area contributed by atoms with Gasteiger partial charge in [0, 0.05) is 59.3 Å². The standard InChI is InChI=1S/C37H29ClN4O4/c1-22-31-17-33(40(22)2)32-16-26(38)8-13-30(32)36(44)41-19-24-5-3-4-6-29(24)25(20-41)21-46-35-14-7-23(18-39)15-34(35)42(37(31)45)27-9-11-28(43)12-10-27/h3-17,25,43H,19-21H2,1-2H3. The van der Waals surface area contributed by atoms with Gasteiger partial charge in [-0.15, -0.1) is 0 Å². The first-order chi connectivity index (χ1) is 22.2. The largest absolute Gasteiger partial charge is 0.508 e. The predicted octanol–water partition coefficient (Wildman–Crippen LogP) is 7.34. The summed E-state index contributed by atoms with van der Waals surface area (Å²) >= 11 is 6.52. The Hall–Kier alpha value is -5.52. The highest BCUT2D eigenvalue weighted by Crippen LogP contribution is 2.40. The second-order valence-electron chi connectivity index (χ2n) is 11.6. The number of aromatic nitrogens is 1. The van der Waals surface area contributed by atoms with Crippen LogP contribution in [0.1, 0.15) is 49.0 Å². The van der Waals surface area contributed by atoms with Crippen molar-refractivity contribution in [2.75, 3.05) is 18.1 Å². The number of hydrogen-bond acceptors (Lipinski definition) is 5. The van der Waals surface area contributed by atoms with Crippen molar-refractivity contribution < 1.29 is 19.4 Å². The zero-order valence-electron chi connectivity index (χ0n) is 25.2. The molecule has 1 N–H and O–H groups in total. The number of rotatable bonds is 1. The molecule has 46 heavy (non-hydrogen) atoms. The van der Waals surface area contributed by atoms with Crippen LogP contribution >= 0.6 is 11.6 Å². The number of benzene rings is 4. The van der Waals surface area contributed by atoms with Gasteiger partial charge < -0.3 is 19.3 Å². The molecule has 2 aliphatic heterocycles. The zero-order valence-corrected chi connectivity index (χ0v) is 26.0. The van der Waals surface area contributed by atoms with E-state index in [0.29, 0.717) is 68.9 Å². The van der Waals surface area contributed by atoms with Gasteiger partial charge in [0.2, 0.25) is 0 Å². The van der Waals surface area contributed by atoms with E-state index in [1.807, 2.05) is 41.6 Å². The average Bonchev–Trinajstić information content (AvgIpc) is 3.37. The second-order valence-corrected chi connectivity index (χ2v) is 12.1. The highest BCUT2D eigenvalue weighted by Gasteiger charge is 2.33. The maximum atomic E-state index is 14.7. The maximum Gasteiger partial charge on any atom is 0.264 e. The van der Waals surface area contributed by atoms with E-state index in [9.17, 15) is 20.0 Å². The normalized spacial score (nSPS) is 15.9. The number of ether oxygens (including phenoxy) is 1. The molecule has 8 nitrogen and oxygen atoms in total. The van der Waals surface area contributed by atoms with Gasteiger partial charge in [0.1, 0.15) is 11.5 Å². The Bertz CT molecular complexity index is 2080. The van der Waals surface area contributed by atoms with Gasteiger partial charge in [0.25, 0.3) is 11.8 Å². The van der Waals surface area contributed by atoms with Crippen molar-refractivity contribution in [2.24, 2.45) is 7.05 Å². The number of phenols is 1. The Morgan fingerprint density at radius 1 is 0.913 bits per heavy atom. The van der Waals surface area contributed by atoms with Crippen LogP contribution in [-0.4, -0.2) is 39.5 Å². The molecule has 3 heterocycles. The number of carbonyl (C=O) groups excluding carboxylic acids is 2. The van der Waals surface area contributed by atoms with E-state index >= 15 is 0 Å². The minimum absolute atomic E-state index is 0.0497. The molecule has 2 aliphatic rings. The number of phenolic OH excluding ortho intramolecular Hbond substituents is 1. The molecule has 1 aromatic heterocycles. The van der Waals surface area contributed by atoms with Crippen molar-refractivity contribution >= 4 is 34.8 Å². The Kier molecular flexibility index (Phi) is 7.26. The van der Waals surface area contributed by atoms with Crippen LogP contribution in [0.5, 0.6) is 11.5 Å². The minimum Gasteiger partial charge on any atom is -0.508 e. The maximum absolute atomic E-state index is 14.7. The van der Waals surface area contributed by atoms with E-state index in [1.54, 1.807) is 54.6 Å². The highest BCUT2D eigenvalue weighted by molar-refractivity contribution is 6.31. The van der Waals surface area contributed by atoms with Crippen molar-refractivity contribution in [3.63, 3.8) is 0 Å². The Labute approximate surface area is 271 Å². The van der Waals surface area contributed by atoms with E-state index in [0.717, 1.165) is 11.1 Å². The lowest BCUT2D eigenvalue weighted by molar-refractivity contribution is 0.0702. The molecule has 4 aromatic carbocycles. The van der Waals surface area contributed by atoms with Crippen molar-refractivity contribution in [1.29, 1.82) is 5.26 Å². The van der Waals surface area contributed by atoms with Crippen LogP contribution in [0.2, 0.25) is 5.02 Å². The molecule has 1 unspecified atom stereocenters. The summed E-state index contributed by atoms with van der Waals surface area (Å²) in [5, 5.41) is 20.4. The summed E-state index contributed by atoms with van der Waals surface area (Å²) in [7, 11) is 1.85. The van der Waals surface area contributed by atoms with Gasteiger partial charge in [0.05, 0.1) is 29.5 Å². The molecule has 4 bridgehead atoms. The molecule has 1 atom stereocenters. The molecule has 7 rings (SSSR count). The van der Waals surface area contributed by atoms with Gasteiger partial charge in [-0.1, -0.05) is 35.9 Å². The van der Waals surface area contributed by atoms with Crippen molar-refractivity contribution in [1.82, 2.24) is 9.47 Å². The summed E-state index contributed by atoms with van der Waals surface area (Å²) in [6.45, 7) is 2.93. The minimum atomic E-state index is -0.373. The molecule has 0 radical (unpaired) electrons. The number of aromatic hydroxyl groups is 1. The molecule has 228 valence electrons. The van der Waals surface area contributed by atoms with Crippen LogP contribution in [0.15, 0.2) is 91.0 Å². The first kappa shape index (κ1) is 29.2. The third kappa shape index (κ3) is 4.95. The third-order valence-electron chi connectivity index (χ3n) is 8.92. The first-order valence-corrected chi connectivity index (χ1v) is 15.2. The molecule has 0 saturated carbocycles. The second kappa shape index (κ2) is 11.4. The van der Waals surface area contributed by atoms with Crippen molar-refractivity contribution in [3.8, 4) is 28.8 Å². The van der Waals surface area contributed by atoms with Crippen LogP contribution in [0.25, 0.3) is 11.3 Å². The van der Waals surface area contributed by atoms with Gasteiger partial charge in [-0.3, -0.25) is 14.5 Å². The molecular weight excluding hydrogens is 600 g/mol. The number of nitriles is 1. The monoisotopic (exact) mass is 628 g/mol. The molecular formula is C37H29ClN4O4. The van der Waals surface area contributed by atoms with E-state index < -0.39 is 0 Å². The first-order valence-electron chi connectivity index (χ1n) is 14.9. The van der Waals surface area contributed by atoms with Gasteiger partial charge in [-0.2, -0.15) is 5.26 Å². The topological polar surface area (TPSA) is 98.8 Å². The fraction of sp³-hybridized carbons (Fsp3) is 0.162. The molecule has 0 saturated heterocycles. The molecule has 0 aliphatic carbocycles. The van der Waals surface area contributed by atoms with E-state index in [4.69, 9.17) is 16.3 Å². The van der Waals surface area contributed by atoms with E-state index in [-0.39, 0.29) is 30.1 Å². The summed E-state index contributed by atoms with van der Waals surface area (Å²) < 4.78 is 8.41. The molecule has 5 aromatic rings. The number of anilines is 2. The summed E-state index contributed by atoms with van der Waals surface area (Å²) in [6, 6.07) is 28.5. The quantitative estimate of drug-likeness (QED) is 0.209. The Balaban J connectivity index is 1.50. The number of fused-ring (bicyclic) bond motifs is 9. The summed E-state index contributed by atoms with van der Waals surface area (Å²) in [6.07, 6.45) is 0. The number of amides is 2. The Morgan fingerprint density at radius 3 is 2.48 bits per heavy atom. The number of nitrogens with zero attached hydrogens (tertiary/aromatic N) is 4. The predicted molar refractivity (Wildman–Crippen MR) is 176 cm³/mol. The highest BCUT2D eigenvalue weighted by atomic mass is 35.5. The van der Waals surface area contributed by atoms with Crippen molar-refractivity contribution in [3.05, 3.63) is 130 Å². The summed E-state index contributed by atoms with van der Waals surface area (Å²) in [4.78, 5) is 32.4. The Morgan fingerprint density at radius 2 is 1.70 bits per heavy atom. The lowest BCUT2D eigenvalue weighted by Crippen LogP contribution is -2.40. The summed E-state index contributed by atoms with van der Waals surface area (Å²) in [5.41, 5.74) is 6.15. The van der Waals surface area contributed by atoms with Crippen molar-refractivity contribution in [2.45, 2.75) is 19.4 Å². The lowest BCUT2D eigenvalue weighted by atomic mass is 9.89. The number of hydrogen-bond donors (Lipinski definition) is 1. The van der Waals surface area contributed by atoms with Gasteiger partial charge in [0.15, 0.2) is 0 Å². The molecule has 9 heteroatoms. The van der Waals surface area contributed by atoms with Crippen LogP contribution in [0.4, 0.5) is 11.4 Å². The molecule has 0 spiro atoms. The van der Waals surface area contributed by atoms with Crippen LogP contribution in [0.3, 0.4) is 0 Å². The van der Waals surface area contributed by atoms with E-state index in [2.05, 4.69) is 12.1 Å². The lowest BCUT2D eigenvalue weighted by Gasteiger charge is -2.35. The fourth-order valence-corrected chi connectivity index (χ4v) is 6.60. The van der Waals surface area contributed by atoms with Crippen LogP contribution in [0, 0.1) is 18.3 Å². The van der Waals surface area contributed by atoms with Gasteiger partial charge >= 0.3 is 0 Å². The number of carbonyl (C=O) groups is 2. The SMILES string of the molecule is Cc1c2cc(n1C)-c1cc(Cl)ccc1C(=O)N1Cc3ccccc3C(COc3ccc(C#N)cc3N(c3ccc(O)cc3)C2=O)C1. The van der Waals surface area contributed by atoms with Gasteiger partial charge in [-0.25, -0.2) is 0 Å². The van der Waals surface area contributed by atoms with Gasteiger partial charge in [-0.05, 0) is 84.8 Å². The third-order valence-corrected chi connectivity index (χ3v) is 9.15. The van der Waals surface area contributed by atoms with Crippen LogP contribution < -0.4 is 9.64 Å². The molecule has 2 amide bonds. The zero-order chi connectivity index (χ0) is 32.1. The van der Waals surface area contributed by atoms with Crippen LogP contribution in [-0.2, 0) is 13.6 Å². The van der Waals surface area contributed by atoms with E-state index in [1.165, 1.54) is 17.0 Å². The summed E-state index contributed by atoms with van der Waals surface area (Å²) in [5.74, 6) is -0.228.